The third-order valence-electron chi connectivity index (χ3n) is 7.88. The summed E-state index contributed by atoms with van der Waals surface area (Å²) in [6, 6.07) is 8.14. The molecule has 2 N–H and O–H groups in total. The fraction of sp³-hybridized carbons (Fsp3) is 0.370. The maximum atomic E-state index is 14.8. The summed E-state index contributed by atoms with van der Waals surface area (Å²) in [5.74, 6) is 0.764. The number of nitrogen functional groups attached to an aromatic ring is 1. The molecule has 0 aliphatic carbocycles. The lowest BCUT2D eigenvalue weighted by molar-refractivity contribution is 0.245. The van der Waals surface area contributed by atoms with Gasteiger partial charge in [-0.05, 0) is 24.3 Å². The Morgan fingerprint density at radius 1 is 0.951 bits per heavy atom. The summed E-state index contributed by atoms with van der Waals surface area (Å²) < 4.78 is 50.1. The topological polar surface area (TPSA) is 120 Å². The van der Waals surface area contributed by atoms with Gasteiger partial charge in [0.25, 0.3) is 0 Å². The van der Waals surface area contributed by atoms with Gasteiger partial charge in [-0.1, -0.05) is 11.2 Å². The summed E-state index contributed by atoms with van der Waals surface area (Å²) in [5.41, 5.74) is 9.18. The van der Waals surface area contributed by atoms with Crippen LogP contribution in [0.3, 0.4) is 0 Å². The van der Waals surface area contributed by atoms with Gasteiger partial charge < -0.3 is 24.5 Å². The van der Waals surface area contributed by atoms with Crippen molar-refractivity contribution in [2.24, 2.45) is 0 Å². The lowest BCUT2D eigenvalue weighted by Gasteiger charge is -2.37. The molecule has 2 aliphatic heterocycles. The van der Waals surface area contributed by atoms with Gasteiger partial charge in [0.2, 0.25) is 5.95 Å². The van der Waals surface area contributed by atoms with E-state index in [1.807, 2.05) is 32.7 Å². The van der Waals surface area contributed by atoms with Crippen LogP contribution >= 0.6 is 0 Å². The molecule has 0 bridgehead atoms. The molecule has 0 radical (unpaired) electrons. The number of furan rings is 1. The molecule has 5 aromatic rings. The van der Waals surface area contributed by atoms with Crippen molar-refractivity contribution in [3.8, 4) is 11.5 Å². The third kappa shape index (κ3) is 4.85. The Balaban J connectivity index is 1.02. The predicted octanol–water partition coefficient (Wildman–Crippen LogP) is 2.59. The first-order valence-corrected chi connectivity index (χ1v) is 15.0. The summed E-state index contributed by atoms with van der Waals surface area (Å²) in [6.45, 7) is 5.02. The van der Waals surface area contributed by atoms with E-state index in [1.165, 1.54) is 0 Å². The maximum absolute atomic E-state index is 14.8. The van der Waals surface area contributed by atoms with Crippen LogP contribution in [0.1, 0.15) is 0 Å². The van der Waals surface area contributed by atoms with Gasteiger partial charge in [-0.25, -0.2) is 13.5 Å². The van der Waals surface area contributed by atoms with E-state index in [-0.39, 0.29) is 5.95 Å². The molecule has 214 valence electrons. The number of nitrogens with two attached hydrogens (primary N) is 1. The number of anilines is 3. The molecule has 0 amide bonds. The fourth-order valence-electron chi connectivity index (χ4n) is 5.63. The Bertz CT molecular complexity index is 1690. The third-order valence-corrected chi connectivity index (χ3v) is 9.16. The molecule has 2 aliphatic rings. The molecule has 2 fully saturated rings. The summed E-state index contributed by atoms with van der Waals surface area (Å²) in [4.78, 5) is 10.7. The summed E-state index contributed by atoms with van der Waals surface area (Å²) in [7, 11) is 0. The quantitative estimate of drug-likeness (QED) is 0.302. The van der Waals surface area contributed by atoms with Crippen LogP contribution in [-0.2, 0) is 17.7 Å². The first-order valence-electron chi connectivity index (χ1n) is 13.6. The number of fused-ring (bicyclic) bond motifs is 3. The van der Waals surface area contributed by atoms with Crippen molar-refractivity contribution in [3.63, 3.8) is 0 Å². The van der Waals surface area contributed by atoms with E-state index in [0.29, 0.717) is 72.7 Å². The number of benzene rings is 1. The number of rotatable bonds is 6. The van der Waals surface area contributed by atoms with Crippen molar-refractivity contribution in [3.05, 3.63) is 54.4 Å². The van der Waals surface area contributed by atoms with Gasteiger partial charge in [0.05, 0.1) is 54.4 Å². The lowest BCUT2D eigenvalue weighted by atomic mass is 10.2. The molecule has 7 rings (SSSR count). The molecule has 1 aromatic carbocycles. The Labute approximate surface area is 237 Å². The van der Waals surface area contributed by atoms with Crippen molar-refractivity contribution in [1.82, 2.24) is 29.3 Å². The fourth-order valence-corrected chi connectivity index (χ4v) is 6.68. The Kier molecular flexibility index (Phi) is 6.67. The lowest BCUT2D eigenvalue weighted by Crippen LogP contribution is -2.47. The van der Waals surface area contributed by atoms with E-state index < -0.39 is 22.8 Å². The number of aromatic nitrogens is 5. The maximum Gasteiger partial charge on any atom is 0.223 e. The molecule has 14 heteroatoms. The van der Waals surface area contributed by atoms with Crippen LogP contribution < -0.4 is 15.5 Å². The van der Waals surface area contributed by atoms with Crippen LogP contribution in [0.2, 0.25) is 0 Å². The second-order valence-electron chi connectivity index (χ2n) is 10.3. The van der Waals surface area contributed by atoms with Gasteiger partial charge in [-0.15, -0.1) is 0 Å². The normalized spacial score (nSPS) is 17.3. The van der Waals surface area contributed by atoms with Crippen LogP contribution in [0.25, 0.3) is 28.0 Å². The minimum Gasteiger partial charge on any atom is -0.616 e. The van der Waals surface area contributed by atoms with Gasteiger partial charge in [-0.3, -0.25) is 4.90 Å². The van der Waals surface area contributed by atoms with Gasteiger partial charge >= 0.3 is 0 Å². The van der Waals surface area contributed by atoms with Crippen LogP contribution in [0.15, 0.2) is 47.2 Å². The van der Waals surface area contributed by atoms with E-state index in [1.54, 1.807) is 23.0 Å². The SMILES string of the molecule is Nc1nc2c(cnn2CCN2CCN(c3cc(N4CC[S+]([O-])CC4)c(F)cc3F)CC2)c2cc(-c3ccco3)nn12. The highest BCUT2D eigenvalue weighted by Gasteiger charge is 2.26. The Morgan fingerprint density at radius 2 is 1.68 bits per heavy atom. The van der Waals surface area contributed by atoms with Gasteiger partial charge in [0.1, 0.15) is 28.8 Å². The average Bonchev–Trinajstić information content (AvgIpc) is 3.73. The van der Waals surface area contributed by atoms with Gasteiger partial charge in [0.15, 0.2) is 11.4 Å². The first kappa shape index (κ1) is 26.0. The number of nitrogens with zero attached hydrogens (tertiary/aromatic N) is 8. The minimum absolute atomic E-state index is 0.263. The molecule has 6 heterocycles. The number of hydrogen-bond acceptors (Lipinski definition) is 9. The first-order chi connectivity index (χ1) is 19.9. The van der Waals surface area contributed by atoms with Gasteiger partial charge in [-0.2, -0.15) is 19.7 Å². The van der Waals surface area contributed by atoms with Crippen molar-refractivity contribution < 1.29 is 17.8 Å². The van der Waals surface area contributed by atoms with Crippen LogP contribution in [0.4, 0.5) is 26.1 Å². The standard InChI is InChI=1S/C27H29F2N9O2S/c28-19-14-20(29)24(36-9-12-41(39)13-10-36)16-23(19)35-6-3-34(4-7-35)5-8-37-26-18(17-31-37)22-15-21(25-2-1-11-40-25)33-38(22)27(30)32-26/h1-2,11,14-17H,3-10,12-13H2,(H2,30,32). The Hall–Kier alpha value is -3.88. The van der Waals surface area contributed by atoms with E-state index in [9.17, 15) is 13.3 Å². The van der Waals surface area contributed by atoms with Crippen LogP contribution in [-0.4, -0.2) is 91.2 Å². The zero-order chi connectivity index (χ0) is 28.1. The molecule has 2 saturated heterocycles. The Morgan fingerprint density at radius 3 is 2.39 bits per heavy atom. The highest BCUT2D eigenvalue weighted by Crippen LogP contribution is 2.31. The minimum atomic E-state index is -0.871. The second kappa shape index (κ2) is 10.5. The van der Waals surface area contributed by atoms with E-state index in [4.69, 9.17) is 10.2 Å². The van der Waals surface area contributed by atoms with E-state index in [0.717, 1.165) is 36.6 Å². The molecule has 0 saturated carbocycles. The zero-order valence-electron chi connectivity index (χ0n) is 22.2. The van der Waals surface area contributed by atoms with Crippen molar-refractivity contribution in [2.45, 2.75) is 6.54 Å². The van der Waals surface area contributed by atoms with Crippen molar-refractivity contribution in [1.29, 1.82) is 0 Å². The van der Waals surface area contributed by atoms with Crippen LogP contribution in [0, 0.1) is 11.6 Å². The van der Waals surface area contributed by atoms with E-state index in [2.05, 4.69) is 20.1 Å². The number of halogens is 2. The highest BCUT2D eigenvalue weighted by atomic mass is 32.2. The number of hydrogen-bond donors (Lipinski definition) is 1. The molecule has 0 spiro atoms. The molecule has 41 heavy (non-hydrogen) atoms. The second-order valence-corrected chi connectivity index (χ2v) is 12.0. The number of piperazine rings is 1. The average molecular weight is 582 g/mol. The summed E-state index contributed by atoms with van der Waals surface area (Å²) >= 11 is -0.871. The summed E-state index contributed by atoms with van der Waals surface area (Å²) in [5, 5.41) is 9.95. The summed E-state index contributed by atoms with van der Waals surface area (Å²) in [6.07, 6.45) is 3.38. The highest BCUT2D eigenvalue weighted by molar-refractivity contribution is 7.91. The zero-order valence-corrected chi connectivity index (χ0v) is 23.1. The monoisotopic (exact) mass is 581 g/mol. The molecule has 4 aromatic heterocycles. The van der Waals surface area contributed by atoms with Crippen LogP contribution in [0.5, 0.6) is 0 Å². The van der Waals surface area contributed by atoms with Crippen molar-refractivity contribution >= 4 is 45.0 Å². The molecule has 0 atom stereocenters. The predicted molar refractivity (Wildman–Crippen MR) is 153 cm³/mol. The largest absolute Gasteiger partial charge is 0.616 e. The van der Waals surface area contributed by atoms with Gasteiger partial charge in [0, 0.05) is 38.8 Å². The van der Waals surface area contributed by atoms with Crippen molar-refractivity contribution in [2.75, 3.05) is 72.9 Å². The molecule has 11 nitrogen and oxygen atoms in total. The van der Waals surface area contributed by atoms with E-state index >= 15 is 0 Å². The molecular weight excluding hydrogens is 552 g/mol. The molecular formula is C27H29F2N9O2S. The molecule has 0 unspecified atom stereocenters. The smallest absolute Gasteiger partial charge is 0.223 e.